The van der Waals surface area contributed by atoms with Crippen molar-refractivity contribution in [3.05, 3.63) is 45.1 Å². The van der Waals surface area contributed by atoms with Gasteiger partial charge in [-0.1, -0.05) is 12.1 Å². The second kappa shape index (κ2) is 5.62. The molecular formula is C18H19N5O3. The van der Waals surface area contributed by atoms with Crippen molar-refractivity contribution in [1.29, 1.82) is 0 Å². The van der Waals surface area contributed by atoms with Crippen molar-refractivity contribution in [2.75, 3.05) is 7.11 Å². The highest BCUT2D eigenvalue weighted by atomic mass is 16.5. The lowest BCUT2D eigenvalue weighted by Crippen LogP contribution is -2.12. The quantitative estimate of drug-likeness (QED) is 0.590. The fourth-order valence-corrected chi connectivity index (χ4v) is 3.28. The van der Waals surface area contributed by atoms with Gasteiger partial charge in [0.1, 0.15) is 5.75 Å². The highest BCUT2D eigenvalue weighted by Crippen LogP contribution is 2.33. The van der Waals surface area contributed by atoms with Gasteiger partial charge >= 0.3 is 5.69 Å². The van der Waals surface area contributed by atoms with Gasteiger partial charge in [0.2, 0.25) is 0 Å². The van der Waals surface area contributed by atoms with Gasteiger partial charge in [-0.05, 0) is 31.5 Å². The number of hydrogen-bond acceptors (Lipinski definition) is 4. The molecule has 0 aliphatic heterocycles. The van der Waals surface area contributed by atoms with E-state index in [9.17, 15) is 9.59 Å². The minimum atomic E-state index is -0.276. The summed E-state index contributed by atoms with van der Waals surface area (Å²) in [6.45, 7) is 3.92. The van der Waals surface area contributed by atoms with Crippen LogP contribution in [0.25, 0.3) is 33.3 Å². The molecule has 0 saturated heterocycles. The van der Waals surface area contributed by atoms with Crippen LogP contribution in [0.15, 0.2) is 33.9 Å². The minimum absolute atomic E-state index is 0.0179. The van der Waals surface area contributed by atoms with Crippen LogP contribution in [0.5, 0.6) is 5.75 Å². The highest BCUT2D eigenvalue weighted by molar-refractivity contribution is 6.06. The number of nitrogens with one attached hydrogen (secondary N) is 2. The average Bonchev–Trinajstić information content (AvgIpc) is 3.11. The van der Waals surface area contributed by atoms with Gasteiger partial charge in [-0.2, -0.15) is 0 Å². The Kier molecular flexibility index (Phi) is 3.50. The summed E-state index contributed by atoms with van der Waals surface area (Å²) < 4.78 is 8.42. The van der Waals surface area contributed by atoms with Crippen molar-refractivity contribution in [1.82, 2.24) is 24.3 Å². The molecule has 2 N–H and O–H groups in total. The number of methoxy groups -OCH3 is 1. The molecule has 1 aromatic carbocycles. The van der Waals surface area contributed by atoms with E-state index >= 15 is 0 Å². The standard InChI is InChI=1S/C18H19N5O3/c1-9(2)23-16-13(17(24)21-23)12(10-5-7-11(26-4)8-6-10)14-15(19-16)20-18(25)22(14)3/h5-9H,1-4H3,(H,21,24)(H,19,20,25). The highest BCUT2D eigenvalue weighted by Gasteiger charge is 2.22. The number of pyridine rings is 1. The van der Waals surface area contributed by atoms with Crippen LogP contribution in [-0.2, 0) is 7.05 Å². The number of benzene rings is 1. The average molecular weight is 353 g/mol. The fourth-order valence-electron chi connectivity index (χ4n) is 3.28. The normalized spacial score (nSPS) is 11.7. The first-order chi connectivity index (χ1) is 12.4. The molecule has 0 radical (unpaired) electrons. The van der Waals surface area contributed by atoms with Gasteiger partial charge in [-0.3, -0.25) is 24.1 Å². The van der Waals surface area contributed by atoms with E-state index in [1.54, 1.807) is 18.8 Å². The number of aryl methyl sites for hydroxylation is 1. The van der Waals surface area contributed by atoms with Gasteiger partial charge in [0.05, 0.1) is 18.0 Å². The van der Waals surface area contributed by atoms with Crippen molar-refractivity contribution in [2.24, 2.45) is 7.05 Å². The SMILES string of the molecule is COc1ccc(-c2c3c(=O)[nH]n(C(C)C)c3nc3[nH]c(=O)n(C)c23)cc1. The number of fused-ring (bicyclic) bond motifs is 2. The molecule has 4 aromatic rings. The Morgan fingerprint density at radius 3 is 2.46 bits per heavy atom. The summed E-state index contributed by atoms with van der Waals surface area (Å²) in [6.07, 6.45) is 0. The smallest absolute Gasteiger partial charge is 0.327 e. The van der Waals surface area contributed by atoms with Crippen LogP contribution in [0, 0.1) is 0 Å². The second-order valence-corrected chi connectivity index (χ2v) is 6.50. The summed E-state index contributed by atoms with van der Waals surface area (Å²) in [4.78, 5) is 32.2. The van der Waals surface area contributed by atoms with Crippen LogP contribution in [0.4, 0.5) is 0 Å². The van der Waals surface area contributed by atoms with Gasteiger partial charge in [-0.25, -0.2) is 9.78 Å². The molecule has 8 heteroatoms. The first-order valence-corrected chi connectivity index (χ1v) is 8.29. The molecule has 0 spiro atoms. The van der Waals surface area contributed by atoms with E-state index < -0.39 is 0 Å². The molecule has 0 bridgehead atoms. The number of H-pyrrole nitrogens is 2. The van der Waals surface area contributed by atoms with E-state index in [-0.39, 0.29) is 17.3 Å². The molecule has 134 valence electrons. The Labute approximate surface area is 148 Å². The Bertz CT molecular complexity index is 1240. The van der Waals surface area contributed by atoms with E-state index in [1.807, 2.05) is 38.1 Å². The molecule has 0 saturated carbocycles. The van der Waals surface area contributed by atoms with Gasteiger partial charge in [0, 0.05) is 18.7 Å². The second-order valence-electron chi connectivity index (χ2n) is 6.50. The molecule has 0 aliphatic rings. The third-order valence-electron chi connectivity index (χ3n) is 4.59. The Morgan fingerprint density at radius 2 is 1.85 bits per heavy atom. The summed E-state index contributed by atoms with van der Waals surface area (Å²) in [5.41, 5.74) is 2.54. The largest absolute Gasteiger partial charge is 0.497 e. The van der Waals surface area contributed by atoms with Gasteiger partial charge in [-0.15, -0.1) is 0 Å². The van der Waals surface area contributed by atoms with E-state index in [1.165, 1.54) is 4.57 Å². The lowest BCUT2D eigenvalue weighted by atomic mass is 10.0. The molecule has 26 heavy (non-hydrogen) atoms. The third kappa shape index (κ3) is 2.18. The molecule has 4 rings (SSSR count). The Balaban J connectivity index is 2.22. The van der Waals surface area contributed by atoms with Crippen LogP contribution in [0.1, 0.15) is 19.9 Å². The first-order valence-electron chi connectivity index (χ1n) is 8.29. The van der Waals surface area contributed by atoms with Crippen LogP contribution in [-0.4, -0.2) is 31.4 Å². The minimum Gasteiger partial charge on any atom is -0.497 e. The van der Waals surface area contributed by atoms with Crippen LogP contribution in [0.2, 0.25) is 0 Å². The molecular weight excluding hydrogens is 334 g/mol. The molecule has 0 unspecified atom stereocenters. The maximum absolute atomic E-state index is 12.7. The van der Waals surface area contributed by atoms with Crippen molar-refractivity contribution in [3.8, 4) is 16.9 Å². The summed E-state index contributed by atoms with van der Waals surface area (Å²) in [7, 11) is 3.26. The molecule has 0 fully saturated rings. The zero-order valence-electron chi connectivity index (χ0n) is 15.0. The lowest BCUT2D eigenvalue weighted by Gasteiger charge is -2.10. The number of aromatic amines is 2. The van der Waals surface area contributed by atoms with Crippen molar-refractivity contribution in [2.45, 2.75) is 19.9 Å². The molecule has 0 aliphatic carbocycles. The topological polar surface area (TPSA) is 97.7 Å². The van der Waals surface area contributed by atoms with Crippen molar-refractivity contribution >= 4 is 22.2 Å². The van der Waals surface area contributed by atoms with E-state index in [2.05, 4.69) is 15.1 Å². The van der Waals surface area contributed by atoms with Crippen molar-refractivity contribution in [3.63, 3.8) is 0 Å². The molecule has 3 heterocycles. The third-order valence-corrected chi connectivity index (χ3v) is 4.59. The number of nitrogens with zero attached hydrogens (tertiary/aromatic N) is 3. The monoisotopic (exact) mass is 353 g/mol. The van der Waals surface area contributed by atoms with E-state index in [0.717, 1.165) is 5.56 Å². The van der Waals surface area contributed by atoms with E-state index in [4.69, 9.17) is 4.74 Å². The van der Waals surface area contributed by atoms with Gasteiger partial charge in [0.15, 0.2) is 11.3 Å². The summed E-state index contributed by atoms with van der Waals surface area (Å²) in [5, 5.41) is 3.32. The molecule has 3 aromatic heterocycles. The van der Waals surface area contributed by atoms with Gasteiger partial charge in [0.25, 0.3) is 5.56 Å². The summed E-state index contributed by atoms with van der Waals surface area (Å²) in [6, 6.07) is 7.41. The number of rotatable bonds is 3. The molecule has 0 atom stereocenters. The maximum atomic E-state index is 12.7. The zero-order chi connectivity index (χ0) is 18.6. The zero-order valence-corrected chi connectivity index (χ0v) is 15.0. The van der Waals surface area contributed by atoms with Crippen LogP contribution in [0.3, 0.4) is 0 Å². The number of aromatic nitrogens is 5. The number of hydrogen-bond donors (Lipinski definition) is 2. The molecule has 0 amide bonds. The van der Waals surface area contributed by atoms with E-state index in [0.29, 0.717) is 33.5 Å². The van der Waals surface area contributed by atoms with Crippen LogP contribution >= 0.6 is 0 Å². The summed E-state index contributed by atoms with van der Waals surface area (Å²) >= 11 is 0. The first kappa shape index (κ1) is 16.2. The fraction of sp³-hybridized carbons (Fsp3) is 0.278. The lowest BCUT2D eigenvalue weighted by molar-refractivity contribution is 0.415. The van der Waals surface area contributed by atoms with Crippen molar-refractivity contribution < 1.29 is 4.74 Å². The molecule has 8 nitrogen and oxygen atoms in total. The maximum Gasteiger partial charge on any atom is 0.327 e. The van der Waals surface area contributed by atoms with Gasteiger partial charge < -0.3 is 4.74 Å². The Hall–Kier alpha value is -3.29. The van der Waals surface area contributed by atoms with Crippen LogP contribution < -0.4 is 16.0 Å². The predicted molar refractivity (Wildman–Crippen MR) is 99.8 cm³/mol. The predicted octanol–water partition coefficient (Wildman–Crippen LogP) is 2.16. The number of ether oxygens (including phenoxy) is 1. The summed E-state index contributed by atoms with van der Waals surface area (Å²) in [5.74, 6) is 0.715. The Morgan fingerprint density at radius 1 is 1.15 bits per heavy atom. The number of imidazole rings is 1.